The van der Waals surface area contributed by atoms with Crippen molar-refractivity contribution in [2.24, 2.45) is 4.99 Å². The largest absolute Gasteiger partial charge is 0.378 e. The molecule has 21 heavy (non-hydrogen) atoms. The fourth-order valence-corrected chi connectivity index (χ4v) is 2.42. The topological polar surface area (TPSA) is 58.7 Å². The second-order valence-electron chi connectivity index (χ2n) is 5.25. The number of rotatable bonds is 3. The zero-order valence-corrected chi connectivity index (χ0v) is 11.9. The number of aliphatic imine (C=N–C) groups is 1. The molecule has 0 radical (unpaired) electrons. The summed E-state index contributed by atoms with van der Waals surface area (Å²) in [5, 5.41) is 10.8. The maximum Gasteiger partial charge on any atom is 0.269 e. The van der Waals surface area contributed by atoms with E-state index >= 15 is 0 Å². The summed E-state index contributed by atoms with van der Waals surface area (Å²) in [6.45, 7) is 0. The average Bonchev–Trinajstić information content (AvgIpc) is 2.90. The predicted octanol–water partition coefficient (Wildman–Crippen LogP) is 3.34. The van der Waals surface area contributed by atoms with Gasteiger partial charge < -0.3 is 4.90 Å². The Kier molecular flexibility index (Phi) is 3.17. The van der Waals surface area contributed by atoms with Crippen molar-refractivity contribution in [3.05, 3.63) is 63.7 Å². The number of benzene rings is 2. The van der Waals surface area contributed by atoms with Gasteiger partial charge in [0.05, 0.1) is 16.3 Å². The van der Waals surface area contributed by atoms with E-state index in [9.17, 15) is 10.1 Å². The van der Waals surface area contributed by atoms with Crippen LogP contribution >= 0.6 is 0 Å². The first-order valence-electron chi connectivity index (χ1n) is 6.67. The molecule has 3 rings (SSSR count). The lowest BCUT2D eigenvalue weighted by atomic mass is 10.0. The van der Waals surface area contributed by atoms with Gasteiger partial charge in [-0.15, -0.1) is 0 Å². The summed E-state index contributed by atoms with van der Waals surface area (Å²) in [5.41, 5.74) is 5.00. The van der Waals surface area contributed by atoms with E-state index in [0.29, 0.717) is 6.42 Å². The Labute approximate surface area is 122 Å². The third-order valence-electron chi connectivity index (χ3n) is 3.60. The molecule has 1 heterocycles. The molecular weight excluding hydrogens is 266 g/mol. The summed E-state index contributed by atoms with van der Waals surface area (Å²) in [4.78, 5) is 17.1. The number of nitro groups is 1. The average molecular weight is 281 g/mol. The fraction of sp³-hybridized carbons (Fsp3) is 0.188. The third kappa shape index (κ3) is 2.50. The highest BCUT2D eigenvalue weighted by molar-refractivity contribution is 6.06. The molecule has 0 aliphatic carbocycles. The lowest BCUT2D eigenvalue weighted by Gasteiger charge is -2.12. The van der Waals surface area contributed by atoms with E-state index in [0.717, 1.165) is 28.2 Å². The molecule has 2 aromatic carbocycles. The summed E-state index contributed by atoms with van der Waals surface area (Å²) in [7, 11) is 3.99. The SMILES string of the molecule is CN(C)c1ccc(C2=Nc3ccc([N+](=O)[O-])cc3C2)cc1. The van der Waals surface area contributed by atoms with Gasteiger partial charge in [-0.1, -0.05) is 12.1 Å². The van der Waals surface area contributed by atoms with Crippen molar-refractivity contribution in [3.63, 3.8) is 0 Å². The van der Waals surface area contributed by atoms with Crippen LogP contribution in [-0.2, 0) is 6.42 Å². The maximum atomic E-state index is 10.8. The Bertz CT molecular complexity index is 734. The highest BCUT2D eigenvalue weighted by atomic mass is 16.6. The predicted molar refractivity (Wildman–Crippen MR) is 83.8 cm³/mol. The Morgan fingerprint density at radius 3 is 2.48 bits per heavy atom. The van der Waals surface area contributed by atoms with E-state index in [1.54, 1.807) is 12.1 Å². The zero-order chi connectivity index (χ0) is 15.0. The summed E-state index contributed by atoms with van der Waals surface area (Å²) < 4.78 is 0. The van der Waals surface area contributed by atoms with Crippen LogP contribution in [0, 0.1) is 10.1 Å². The number of hydrogen-bond acceptors (Lipinski definition) is 4. The quantitative estimate of drug-likeness (QED) is 0.640. The van der Waals surface area contributed by atoms with Crippen LogP contribution in [0.25, 0.3) is 0 Å². The first-order chi connectivity index (χ1) is 10.0. The molecule has 0 saturated carbocycles. The molecule has 0 bridgehead atoms. The molecule has 1 aliphatic heterocycles. The van der Waals surface area contributed by atoms with Gasteiger partial charge in [0.1, 0.15) is 0 Å². The van der Waals surface area contributed by atoms with Crippen LogP contribution in [0.1, 0.15) is 11.1 Å². The van der Waals surface area contributed by atoms with E-state index in [4.69, 9.17) is 0 Å². The Morgan fingerprint density at radius 1 is 1.14 bits per heavy atom. The number of nitro benzene ring substituents is 1. The van der Waals surface area contributed by atoms with Gasteiger partial charge in [-0.05, 0) is 29.3 Å². The van der Waals surface area contributed by atoms with Crippen LogP contribution in [0.4, 0.5) is 17.1 Å². The highest BCUT2D eigenvalue weighted by Crippen LogP contribution is 2.32. The number of non-ortho nitro benzene ring substituents is 1. The molecule has 106 valence electrons. The molecule has 0 saturated heterocycles. The number of nitrogens with zero attached hydrogens (tertiary/aromatic N) is 3. The standard InChI is InChI=1S/C16H15N3O2/c1-18(2)13-5-3-11(4-6-13)16-10-12-9-14(19(20)21)7-8-15(12)17-16/h3-9H,10H2,1-2H3. The molecule has 0 aromatic heterocycles. The van der Waals surface area contributed by atoms with E-state index in [1.165, 1.54) is 6.07 Å². The van der Waals surface area contributed by atoms with E-state index in [-0.39, 0.29) is 10.6 Å². The number of hydrogen-bond donors (Lipinski definition) is 0. The molecular formula is C16H15N3O2. The molecule has 2 aromatic rings. The normalized spacial score (nSPS) is 12.8. The van der Waals surface area contributed by atoms with Gasteiger partial charge in [0.15, 0.2) is 0 Å². The van der Waals surface area contributed by atoms with Crippen molar-refractivity contribution in [3.8, 4) is 0 Å². The minimum atomic E-state index is -0.371. The van der Waals surface area contributed by atoms with Crippen molar-refractivity contribution < 1.29 is 4.92 Å². The van der Waals surface area contributed by atoms with E-state index in [2.05, 4.69) is 4.99 Å². The number of anilines is 1. The Morgan fingerprint density at radius 2 is 1.86 bits per heavy atom. The minimum Gasteiger partial charge on any atom is -0.378 e. The highest BCUT2D eigenvalue weighted by Gasteiger charge is 2.19. The summed E-state index contributed by atoms with van der Waals surface area (Å²) in [6, 6.07) is 13.0. The zero-order valence-electron chi connectivity index (χ0n) is 11.9. The van der Waals surface area contributed by atoms with E-state index < -0.39 is 0 Å². The minimum absolute atomic E-state index is 0.119. The van der Waals surface area contributed by atoms with E-state index in [1.807, 2.05) is 43.3 Å². The Hall–Kier alpha value is -2.69. The molecule has 0 atom stereocenters. The number of fused-ring (bicyclic) bond motifs is 1. The van der Waals surface area contributed by atoms with Gasteiger partial charge in [0.2, 0.25) is 0 Å². The molecule has 0 spiro atoms. The van der Waals surface area contributed by atoms with Gasteiger partial charge in [-0.3, -0.25) is 15.1 Å². The molecule has 0 N–H and O–H groups in total. The molecule has 5 heteroatoms. The molecule has 1 aliphatic rings. The van der Waals surface area contributed by atoms with Crippen LogP contribution in [0.3, 0.4) is 0 Å². The fourth-order valence-electron chi connectivity index (χ4n) is 2.42. The van der Waals surface area contributed by atoms with Gasteiger partial charge >= 0.3 is 0 Å². The summed E-state index contributed by atoms with van der Waals surface area (Å²) in [5.74, 6) is 0. The second kappa shape index (κ2) is 5.01. The van der Waals surface area contributed by atoms with Crippen LogP contribution in [-0.4, -0.2) is 24.7 Å². The van der Waals surface area contributed by atoms with Gasteiger partial charge in [-0.25, -0.2) is 0 Å². The van der Waals surface area contributed by atoms with Crippen molar-refractivity contribution >= 4 is 22.8 Å². The molecule has 0 unspecified atom stereocenters. The van der Waals surface area contributed by atoms with Crippen LogP contribution in [0.15, 0.2) is 47.5 Å². The maximum absolute atomic E-state index is 10.8. The first-order valence-corrected chi connectivity index (χ1v) is 6.67. The summed E-state index contributed by atoms with van der Waals surface area (Å²) >= 11 is 0. The smallest absolute Gasteiger partial charge is 0.269 e. The molecule has 0 amide bonds. The van der Waals surface area contributed by atoms with Gasteiger partial charge in [0, 0.05) is 38.3 Å². The van der Waals surface area contributed by atoms with Crippen molar-refractivity contribution in [1.82, 2.24) is 0 Å². The van der Waals surface area contributed by atoms with Gasteiger partial charge in [-0.2, -0.15) is 0 Å². The lowest BCUT2D eigenvalue weighted by molar-refractivity contribution is -0.384. The molecule has 0 fully saturated rings. The first kappa shape index (κ1) is 13.3. The third-order valence-corrected chi connectivity index (χ3v) is 3.60. The van der Waals surface area contributed by atoms with Crippen LogP contribution in [0.5, 0.6) is 0 Å². The summed E-state index contributed by atoms with van der Waals surface area (Å²) in [6.07, 6.45) is 0.637. The van der Waals surface area contributed by atoms with Crippen molar-refractivity contribution in [2.45, 2.75) is 6.42 Å². The van der Waals surface area contributed by atoms with Crippen molar-refractivity contribution in [1.29, 1.82) is 0 Å². The monoisotopic (exact) mass is 281 g/mol. The van der Waals surface area contributed by atoms with Crippen LogP contribution < -0.4 is 4.90 Å². The van der Waals surface area contributed by atoms with Crippen LogP contribution in [0.2, 0.25) is 0 Å². The van der Waals surface area contributed by atoms with Gasteiger partial charge in [0.25, 0.3) is 5.69 Å². The molecule has 5 nitrogen and oxygen atoms in total. The van der Waals surface area contributed by atoms with Crippen molar-refractivity contribution in [2.75, 3.05) is 19.0 Å². The second-order valence-corrected chi connectivity index (χ2v) is 5.25. The lowest BCUT2D eigenvalue weighted by Crippen LogP contribution is -2.09. The Balaban J connectivity index is 1.88.